The summed E-state index contributed by atoms with van der Waals surface area (Å²) in [6, 6.07) is 5.20. The third-order valence-corrected chi connectivity index (χ3v) is 5.34. The van der Waals surface area contributed by atoms with Crippen LogP contribution in [0, 0.1) is 0 Å². The van der Waals surface area contributed by atoms with Gasteiger partial charge in [-0.15, -0.1) is 0 Å². The minimum Gasteiger partial charge on any atom is -0.465 e. The van der Waals surface area contributed by atoms with Crippen LogP contribution in [0.2, 0.25) is 0 Å². The fraction of sp³-hybridized carbons (Fsp3) is 0.526. The second-order valence-electron chi connectivity index (χ2n) is 7.89. The second kappa shape index (κ2) is 6.00. The molecule has 26 heavy (non-hydrogen) atoms. The van der Waals surface area contributed by atoms with Crippen molar-refractivity contribution in [3.63, 3.8) is 0 Å². The van der Waals surface area contributed by atoms with Gasteiger partial charge in [0.15, 0.2) is 0 Å². The second-order valence-corrected chi connectivity index (χ2v) is 7.89. The van der Waals surface area contributed by atoms with Gasteiger partial charge in [0.05, 0.1) is 18.1 Å². The molecule has 1 fully saturated rings. The van der Waals surface area contributed by atoms with E-state index in [0.29, 0.717) is 31.5 Å². The van der Waals surface area contributed by atoms with Crippen LogP contribution in [0.25, 0.3) is 0 Å². The van der Waals surface area contributed by atoms with Gasteiger partial charge < -0.3 is 19.6 Å². The summed E-state index contributed by atoms with van der Waals surface area (Å²) in [5.74, 6) is -0.473. The number of nitrogens with zero attached hydrogens (tertiary/aromatic N) is 2. The zero-order chi connectivity index (χ0) is 19.3. The van der Waals surface area contributed by atoms with Crippen LogP contribution in [0.5, 0.6) is 0 Å². The summed E-state index contributed by atoms with van der Waals surface area (Å²) in [7, 11) is 1.32. The lowest BCUT2D eigenvalue weighted by Gasteiger charge is -2.39. The summed E-state index contributed by atoms with van der Waals surface area (Å²) in [5.41, 5.74) is 0.768. The predicted octanol–water partition coefficient (Wildman–Crippen LogP) is 2.63. The SMILES string of the molecule is COC(=O)c1ccc2c(c1)C1(CCN(C(=O)O)CC1)C(=O)N2C(C)(C)C. The van der Waals surface area contributed by atoms with E-state index >= 15 is 0 Å². The standard InChI is InChI=1S/C19H24N2O5/c1-18(2,3)21-14-6-5-12(15(22)26-4)11-13(14)19(16(21)23)7-9-20(10-8-19)17(24)25/h5-6,11H,7-10H2,1-4H3,(H,24,25). The Hall–Kier alpha value is -2.57. The lowest BCUT2D eigenvalue weighted by molar-refractivity contribution is -0.125. The number of likely N-dealkylation sites (tertiary alicyclic amines) is 1. The molecule has 1 aromatic rings. The number of rotatable bonds is 1. The highest BCUT2D eigenvalue weighted by atomic mass is 16.5. The lowest BCUT2D eigenvalue weighted by Crippen LogP contribution is -2.53. The van der Waals surface area contributed by atoms with Gasteiger partial charge in [-0.25, -0.2) is 9.59 Å². The first-order valence-electron chi connectivity index (χ1n) is 8.67. The van der Waals surface area contributed by atoms with Gasteiger partial charge in [-0.05, 0) is 57.4 Å². The van der Waals surface area contributed by atoms with Crippen molar-refractivity contribution in [3.05, 3.63) is 29.3 Å². The van der Waals surface area contributed by atoms with E-state index in [1.54, 1.807) is 23.1 Å². The number of ether oxygens (including phenoxy) is 1. The number of benzene rings is 1. The molecule has 0 saturated carbocycles. The van der Waals surface area contributed by atoms with Crippen LogP contribution < -0.4 is 4.90 Å². The molecule has 3 rings (SSSR count). The number of esters is 1. The number of amides is 2. The highest BCUT2D eigenvalue weighted by Crippen LogP contribution is 2.50. The van der Waals surface area contributed by atoms with Gasteiger partial charge in [-0.3, -0.25) is 4.79 Å². The van der Waals surface area contributed by atoms with Crippen LogP contribution in [-0.2, 0) is 14.9 Å². The van der Waals surface area contributed by atoms with E-state index in [1.807, 2.05) is 20.8 Å². The van der Waals surface area contributed by atoms with Crippen molar-refractivity contribution >= 4 is 23.7 Å². The summed E-state index contributed by atoms with van der Waals surface area (Å²) < 4.78 is 4.82. The van der Waals surface area contributed by atoms with Crippen molar-refractivity contribution < 1.29 is 24.2 Å². The summed E-state index contributed by atoms with van der Waals surface area (Å²) in [5, 5.41) is 9.23. The van der Waals surface area contributed by atoms with Gasteiger partial charge >= 0.3 is 12.1 Å². The number of fused-ring (bicyclic) bond motifs is 2. The first-order valence-corrected chi connectivity index (χ1v) is 8.67. The van der Waals surface area contributed by atoms with Crippen molar-refractivity contribution in [2.45, 2.75) is 44.6 Å². The van der Waals surface area contributed by atoms with Gasteiger partial charge in [0, 0.05) is 24.3 Å². The summed E-state index contributed by atoms with van der Waals surface area (Å²) in [4.78, 5) is 39.8. The monoisotopic (exact) mass is 360 g/mol. The van der Waals surface area contributed by atoms with E-state index in [9.17, 15) is 19.5 Å². The molecule has 0 radical (unpaired) electrons. The van der Waals surface area contributed by atoms with Gasteiger partial charge in [0.1, 0.15) is 0 Å². The molecule has 2 aliphatic rings. The molecule has 7 nitrogen and oxygen atoms in total. The summed E-state index contributed by atoms with van der Waals surface area (Å²) >= 11 is 0. The van der Waals surface area contributed by atoms with Crippen molar-refractivity contribution in [1.82, 2.24) is 4.90 Å². The van der Waals surface area contributed by atoms with Crippen LogP contribution in [0.4, 0.5) is 10.5 Å². The maximum atomic E-state index is 13.5. The molecule has 0 bridgehead atoms. The first-order chi connectivity index (χ1) is 12.1. The fourth-order valence-corrected chi connectivity index (χ4v) is 4.03. The molecule has 1 saturated heterocycles. The van der Waals surface area contributed by atoms with E-state index in [0.717, 1.165) is 11.3 Å². The van der Waals surface area contributed by atoms with E-state index in [4.69, 9.17) is 4.74 Å². The maximum Gasteiger partial charge on any atom is 0.407 e. The van der Waals surface area contributed by atoms with Crippen molar-refractivity contribution in [2.24, 2.45) is 0 Å². The molecule has 2 heterocycles. The number of carboxylic acid groups (broad SMARTS) is 1. The Morgan fingerprint density at radius 1 is 1.19 bits per heavy atom. The van der Waals surface area contributed by atoms with Crippen molar-refractivity contribution in [3.8, 4) is 0 Å². The first kappa shape index (κ1) is 18.2. The molecule has 1 aromatic carbocycles. The van der Waals surface area contributed by atoms with E-state index in [2.05, 4.69) is 0 Å². The summed E-state index contributed by atoms with van der Waals surface area (Å²) in [6.45, 7) is 6.48. The molecule has 0 aliphatic carbocycles. The smallest absolute Gasteiger partial charge is 0.407 e. The minimum absolute atomic E-state index is 0.0212. The average molecular weight is 360 g/mol. The van der Waals surface area contributed by atoms with Crippen LogP contribution in [0.1, 0.15) is 49.5 Å². The Morgan fingerprint density at radius 2 is 1.81 bits per heavy atom. The molecule has 140 valence electrons. The van der Waals surface area contributed by atoms with Gasteiger partial charge in [0.25, 0.3) is 0 Å². The third kappa shape index (κ3) is 2.62. The van der Waals surface area contributed by atoms with Gasteiger partial charge in [0.2, 0.25) is 5.91 Å². The molecule has 0 unspecified atom stereocenters. The molecule has 0 aromatic heterocycles. The Balaban J connectivity index is 2.11. The van der Waals surface area contributed by atoms with E-state index in [-0.39, 0.29) is 5.91 Å². The zero-order valence-corrected chi connectivity index (χ0v) is 15.5. The molecule has 0 atom stereocenters. The number of hydrogen-bond donors (Lipinski definition) is 1. The van der Waals surface area contributed by atoms with Gasteiger partial charge in [-0.1, -0.05) is 0 Å². The van der Waals surface area contributed by atoms with Crippen molar-refractivity contribution in [2.75, 3.05) is 25.1 Å². The highest BCUT2D eigenvalue weighted by Gasteiger charge is 2.54. The summed E-state index contributed by atoms with van der Waals surface area (Å²) in [6.07, 6.45) is -0.161. The van der Waals surface area contributed by atoms with E-state index in [1.165, 1.54) is 12.0 Å². The molecule has 1 spiro atoms. The lowest BCUT2D eigenvalue weighted by atomic mass is 9.73. The van der Waals surface area contributed by atoms with Crippen LogP contribution in [0.3, 0.4) is 0 Å². The third-order valence-electron chi connectivity index (χ3n) is 5.34. The number of piperidine rings is 1. The number of methoxy groups -OCH3 is 1. The zero-order valence-electron chi connectivity index (χ0n) is 15.5. The average Bonchev–Trinajstić information content (AvgIpc) is 2.82. The van der Waals surface area contributed by atoms with Crippen molar-refractivity contribution in [1.29, 1.82) is 0 Å². The molecular weight excluding hydrogens is 336 g/mol. The number of carbonyl (C=O) groups is 3. The van der Waals surface area contributed by atoms with Gasteiger partial charge in [-0.2, -0.15) is 0 Å². The van der Waals surface area contributed by atoms with Crippen LogP contribution >= 0.6 is 0 Å². The predicted molar refractivity (Wildman–Crippen MR) is 95.5 cm³/mol. The normalized spacial score (nSPS) is 18.8. The molecule has 2 amide bonds. The van der Waals surface area contributed by atoms with E-state index < -0.39 is 23.0 Å². The Kier molecular flexibility index (Phi) is 4.21. The Morgan fingerprint density at radius 3 is 2.31 bits per heavy atom. The number of anilines is 1. The fourth-order valence-electron chi connectivity index (χ4n) is 4.03. The van der Waals surface area contributed by atoms with Crippen LogP contribution in [0.15, 0.2) is 18.2 Å². The molecule has 1 N–H and O–H groups in total. The topological polar surface area (TPSA) is 87.1 Å². The molecular formula is C19H24N2O5. The quantitative estimate of drug-likeness (QED) is 0.778. The van der Waals surface area contributed by atoms with Crippen LogP contribution in [-0.4, -0.2) is 53.7 Å². The Bertz CT molecular complexity index is 773. The Labute approximate surface area is 152 Å². The maximum absolute atomic E-state index is 13.5. The number of hydrogen-bond acceptors (Lipinski definition) is 4. The number of carbonyl (C=O) groups excluding carboxylic acids is 2. The molecule has 2 aliphatic heterocycles. The highest BCUT2D eigenvalue weighted by molar-refractivity contribution is 6.10. The minimum atomic E-state index is -0.971. The largest absolute Gasteiger partial charge is 0.465 e. The molecule has 7 heteroatoms.